The molecule has 5 nitrogen and oxygen atoms in total. The van der Waals surface area contributed by atoms with Crippen LogP contribution in [0.4, 0.5) is 0 Å². The molecule has 0 fully saturated rings. The number of benzene rings is 1. The number of tetrazole rings is 1. The van der Waals surface area contributed by atoms with Crippen LogP contribution in [-0.2, 0) is 19.9 Å². The van der Waals surface area contributed by atoms with E-state index < -0.39 is 0 Å². The van der Waals surface area contributed by atoms with Crippen LogP contribution in [0.25, 0.3) is 0 Å². The highest BCUT2D eigenvalue weighted by molar-refractivity contribution is 7.80. The maximum atomic E-state index is 5.33. The molecule has 0 saturated heterocycles. The van der Waals surface area contributed by atoms with Gasteiger partial charge >= 0.3 is 0 Å². The van der Waals surface area contributed by atoms with Crippen LogP contribution in [-0.4, -0.2) is 31.7 Å². The smallest absolute Gasteiger partial charge is 0.150 e. The van der Waals surface area contributed by atoms with Gasteiger partial charge in [0, 0.05) is 20.0 Å². The second-order valence-corrected chi connectivity index (χ2v) is 5.15. The van der Waals surface area contributed by atoms with E-state index in [1.54, 1.807) is 4.68 Å². The van der Waals surface area contributed by atoms with Gasteiger partial charge < -0.3 is 5.32 Å². The van der Waals surface area contributed by atoms with E-state index in [1.807, 2.05) is 13.1 Å². The lowest BCUT2D eigenvalue weighted by Crippen LogP contribution is -2.23. The van der Waals surface area contributed by atoms with E-state index in [1.165, 1.54) is 5.56 Å². The molecule has 0 bridgehead atoms. The lowest BCUT2D eigenvalue weighted by atomic mass is 10.1. The maximum absolute atomic E-state index is 5.33. The van der Waals surface area contributed by atoms with E-state index in [-0.39, 0.29) is 0 Å². The van der Waals surface area contributed by atoms with Gasteiger partial charge in [-0.2, -0.15) is 0 Å². The van der Waals surface area contributed by atoms with E-state index in [0.29, 0.717) is 0 Å². The largest absolute Gasteiger partial charge is 0.379 e. The van der Waals surface area contributed by atoms with Crippen molar-refractivity contribution in [2.75, 3.05) is 6.54 Å². The second kappa shape index (κ2) is 7.69. The Morgan fingerprint density at radius 2 is 2.05 bits per heavy atom. The molecule has 0 unspecified atom stereocenters. The number of rotatable bonds is 7. The van der Waals surface area contributed by atoms with Crippen LogP contribution in [0, 0.1) is 0 Å². The normalized spacial score (nSPS) is 10.4. The number of hydrogen-bond acceptors (Lipinski definition) is 4. The summed E-state index contributed by atoms with van der Waals surface area (Å²) in [6.45, 7) is 0.883. The fraction of sp³-hybridized carbons (Fsp3) is 0.429. The molecule has 0 atom stereocenters. The molecule has 0 saturated carbocycles. The Labute approximate surface area is 124 Å². The quantitative estimate of drug-likeness (QED) is 0.786. The van der Waals surface area contributed by atoms with Gasteiger partial charge in [0.2, 0.25) is 0 Å². The lowest BCUT2D eigenvalue weighted by Gasteiger charge is -2.07. The molecule has 1 N–H and O–H groups in total. The number of nitrogens with one attached hydrogen (secondary N) is 1. The van der Waals surface area contributed by atoms with Gasteiger partial charge in [0.15, 0.2) is 5.82 Å². The van der Waals surface area contributed by atoms with Gasteiger partial charge in [-0.25, -0.2) is 4.68 Å². The van der Waals surface area contributed by atoms with Gasteiger partial charge in [0.1, 0.15) is 0 Å². The summed E-state index contributed by atoms with van der Waals surface area (Å²) in [7, 11) is 1.85. The zero-order chi connectivity index (χ0) is 14.2. The second-order valence-electron chi connectivity index (χ2n) is 4.66. The Bertz CT molecular complexity index is 538. The van der Waals surface area contributed by atoms with Crippen LogP contribution in [0.5, 0.6) is 0 Å². The summed E-state index contributed by atoms with van der Waals surface area (Å²) in [5.41, 5.74) is 1.33. The molecule has 0 aliphatic rings. The van der Waals surface area contributed by atoms with Crippen molar-refractivity contribution in [3.8, 4) is 0 Å². The zero-order valence-electron chi connectivity index (χ0n) is 11.6. The van der Waals surface area contributed by atoms with Crippen molar-refractivity contribution in [1.29, 1.82) is 0 Å². The molecular formula is C14H19N5S. The summed E-state index contributed by atoms with van der Waals surface area (Å²) in [5, 5.41) is 14.7. The van der Waals surface area contributed by atoms with Crippen molar-refractivity contribution in [2.45, 2.75) is 25.7 Å². The van der Waals surface area contributed by atoms with E-state index in [2.05, 4.69) is 45.1 Å². The lowest BCUT2D eigenvalue weighted by molar-refractivity contribution is 0.662. The monoisotopic (exact) mass is 289 g/mol. The molecule has 1 aromatic heterocycles. The van der Waals surface area contributed by atoms with E-state index >= 15 is 0 Å². The highest BCUT2D eigenvalue weighted by atomic mass is 32.1. The van der Waals surface area contributed by atoms with E-state index in [9.17, 15) is 0 Å². The third kappa shape index (κ3) is 4.70. The SMILES string of the molecule is Cn1nnnc1CCCC(=S)NCCc1ccccc1. The molecule has 2 aromatic rings. The fourth-order valence-electron chi connectivity index (χ4n) is 1.95. The zero-order valence-corrected chi connectivity index (χ0v) is 12.4. The van der Waals surface area contributed by atoms with Crippen molar-refractivity contribution in [3.05, 3.63) is 41.7 Å². The molecule has 106 valence electrons. The van der Waals surface area contributed by atoms with Crippen molar-refractivity contribution in [1.82, 2.24) is 25.5 Å². The molecule has 1 aromatic carbocycles. The minimum absolute atomic E-state index is 0.851. The number of thiocarbonyl (C=S) groups is 1. The van der Waals surface area contributed by atoms with Crippen LogP contribution in [0.1, 0.15) is 24.2 Å². The molecule has 1 heterocycles. The van der Waals surface area contributed by atoms with Gasteiger partial charge in [0.25, 0.3) is 0 Å². The fourth-order valence-corrected chi connectivity index (χ4v) is 2.19. The first kappa shape index (κ1) is 14.6. The summed E-state index contributed by atoms with van der Waals surface area (Å²) in [6.07, 6.45) is 3.68. The standard InChI is InChI=1S/C14H19N5S/c1-19-13(16-17-18-19)8-5-9-14(20)15-11-10-12-6-3-2-4-7-12/h2-4,6-7H,5,8-11H2,1H3,(H,15,20). The number of nitrogens with zero attached hydrogens (tertiary/aromatic N) is 4. The molecule has 0 radical (unpaired) electrons. The van der Waals surface area contributed by atoms with Crippen LogP contribution in [0.15, 0.2) is 30.3 Å². The molecule has 0 aliphatic carbocycles. The van der Waals surface area contributed by atoms with E-state index in [4.69, 9.17) is 12.2 Å². The first-order valence-corrected chi connectivity index (χ1v) is 7.18. The van der Waals surface area contributed by atoms with Crippen molar-refractivity contribution in [3.63, 3.8) is 0 Å². The van der Waals surface area contributed by atoms with Crippen molar-refractivity contribution < 1.29 is 0 Å². The maximum Gasteiger partial charge on any atom is 0.150 e. The van der Waals surface area contributed by atoms with Crippen LogP contribution in [0.3, 0.4) is 0 Å². The summed E-state index contributed by atoms with van der Waals surface area (Å²) in [6, 6.07) is 10.4. The topological polar surface area (TPSA) is 55.6 Å². The third-order valence-electron chi connectivity index (χ3n) is 3.09. The van der Waals surface area contributed by atoms with Gasteiger partial charge in [-0.1, -0.05) is 42.5 Å². The Hall–Kier alpha value is -1.82. The molecule has 0 spiro atoms. The molecular weight excluding hydrogens is 270 g/mol. The minimum Gasteiger partial charge on any atom is -0.379 e. The molecule has 6 heteroatoms. The van der Waals surface area contributed by atoms with Gasteiger partial charge in [-0.05, 0) is 35.3 Å². The highest BCUT2D eigenvalue weighted by Crippen LogP contribution is 2.01. The molecule has 2 rings (SSSR count). The van der Waals surface area contributed by atoms with Gasteiger partial charge in [-0.15, -0.1) is 5.10 Å². The van der Waals surface area contributed by atoms with Crippen molar-refractivity contribution in [2.24, 2.45) is 7.05 Å². The predicted molar refractivity (Wildman–Crippen MR) is 82.5 cm³/mol. The molecule has 0 amide bonds. The highest BCUT2D eigenvalue weighted by Gasteiger charge is 2.03. The average Bonchev–Trinajstić information content (AvgIpc) is 2.86. The summed E-state index contributed by atoms with van der Waals surface area (Å²) < 4.78 is 1.70. The van der Waals surface area contributed by atoms with Gasteiger partial charge in [0.05, 0.1) is 4.99 Å². The van der Waals surface area contributed by atoms with Crippen LogP contribution >= 0.6 is 12.2 Å². The number of aryl methyl sites for hydroxylation is 2. The first-order valence-electron chi connectivity index (χ1n) is 6.77. The molecule has 20 heavy (non-hydrogen) atoms. The summed E-state index contributed by atoms with van der Waals surface area (Å²) in [4.78, 5) is 0.913. The summed E-state index contributed by atoms with van der Waals surface area (Å²) in [5.74, 6) is 0.900. The number of hydrogen-bond donors (Lipinski definition) is 1. The molecule has 0 aliphatic heterocycles. The summed E-state index contributed by atoms with van der Waals surface area (Å²) >= 11 is 5.33. The predicted octanol–water partition coefficient (Wildman–Crippen LogP) is 1.69. The Kier molecular flexibility index (Phi) is 5.61. The minimum atomic E-state index is 0.851. The van der Waals surface area contributed by atoms with Crippen LogP contribution < -0.4 is 5.32 Å². The van der Waals surface area contributed by atoms with Gasteiger partial charge in [-0.3, -0.25) is 0 Å². The number of aromatic nitrogens is 4. The Balaban J connectivity index is 1.60. The Morgan fingerprint density at radius 3 is 2.75 bits per heavy atom. The van der Waals surface area contributed by atoms with Crippen molar-refractivity contribution >= 4 is 17.2 Å². The third-order valence-corrected chi connectivity index (χ3v) is 3.44. The first-order chi connectivity index (χ1) is 9.75. The van der Waals surface area contributed by atoms with E-state index in [0.717, 1.165) is 43.0 Å². The average molecular weight is 289 g/mol. The Morgan fingerprint density at radius 1 is 1.25 bits per heavy atom. The van der Waals surface area contributed by atoms with Crippen LogP contribution in [0.2, 0.25) is 0 Å².